The van der Waals surface area contributed by atoms with Gasteiger partial charge in [-0.25, -0.2) is 0 Å². The normalized spacial score (nSPS) is 15.7. The molecule has 0 unspecified atom stereocenters. The van der Waals surface area contributed by atoms with Gasteiger partial charge in [0.05, 0.1) is 5.69 Å². The molecule has 1 aliphatic carbocycles. The van der Waals surface area contributed by atoms with E-state index in [-0.39, 0.29) is 5.91 Å². The average molecular weight is 340 g/mol. The highest BCUT2D eigenvalue weighted by molar-refractivity contribution is 7.07. The number of hydrogen-bond acceptors (Lipinski definition) is 6. The molecule has 3 N–H and O–H groups in total. The fourth-order valence-electron chi connectivity index (χ4n) is 2.89. The number of hydrogen-bond donors (Lipinski definition) is 3. The van der Waals surface area contributed by atoms with Crippen LogP contribution in [-0.4, -0.2) is 47.7 Å². The number of rotatable bonds is 10. The fraction of sp³-hybridized carbons (Fsp3) is 0.812. The van der Waals surface area contributed by atoms with Gasteiger partial charge >= 0.3 is 0 Å². The van der Waals surface area contributed by atoms with E-state index in [0.717, 1.165) is 50.1 Å². The summed E-state index contributed by atoms with van der Waals surface area (Å²) in [6.45, 7) is 5.60. The fourth-order valence-corrected chi connectivity index (χ4v) is 3.47. The van der Waals surface area contributed by atoms with Gasteiger partial charge in [0.1, 0.15) is 4.88 Å². The standard InChI is InChI=1S/C16H29N5OS/c1-13-15(23-21-20-13)16(22)19-10-6-5-9-17-11-12-18-14-7-3-2-4-8-14/h14,17-18H,2-12H2,1H3,(H,19,22). The maximum absolute atomic E-state index is 11.8. The Morgan fingerprint density at radius 3 is 2.65 bits per heavy atom. The second kappa shape index (κ2) is 10.7. The zero-order valence-electron chi connectivity index (χ0n) is 14.1. The summed E-state index contributed by atoms with van der Waals surface area (Å²) in [5.74, 6) is -0.0536. The predicted octanol–water partition coefficient (Wildman–Crippen LogP) is 1.87. The van der Waals surface area contributed by atoms with Crippen LogP contribution in [0.5, 0.6) is 0 Å². The van der Waals surface area contributed by atoms with Gasteiger partial charge in [-0.3, -0.25) is 4.79 Å². The minimum absolute atomic E-state index is 0.0536. The van der Waals surface area contributed by atoms with Crippen molar-refractivity contribution in [1.29, 1.82) is 0 Å². The molecule has 1 aliphatic rings. The van der Waals surface area contributed by atoms with Crippen LogP contribution < -0.4 is 16.0 Å². The van der Waals surface area contributed by atoms with Crippen LogP contribution in [0.25, 0.3) is 0 Å². The van der Waals surface area contributed by atoms with Crippen molar-refractivity contribution < 1.29 is 4.79 Å². The third kappa shape index (κ3) is 6.93. The topological polar surface area (TPSA) is 78.9 Å². The molecule has 1 amide bonds. The van der Waals surface area contributed by atoms with Crippen molar-refractivity contribution in [1.82, 2.24) is 25.5 Å². The second-order valence-corrected chi connectivity index (χ2v) is 6.94. The van der Waals surface area contributed by atoms with Crippen LogP contribution in [0, 0.1) is 6.92 Å². The number of carbonyl (C=O) groups is 1. The van der Waals surface area contributed by atoms with Gasteiger partial charge in [-0.15, -0.1) is 5.10 Å². The van der Waals surface area contributed by atoms with Gasteiger partial charge in [-0.2, -0.15) is 0 Å². The molecule has 6 nitrogen and oxygen atoms in total. The molecule has 1 heterocycles. The van der Waals surface area contributed by atoms with Crippen molar-refractivity contribution in [3.05, 3.63) is 10.6 Å². The monoisotopic (exact) mass is 339 g/mol. The highest BCUT2D eigenvalue weighted by Crippen LogP contribution is 2.16. The van der Waals surface area contributed by atoms with Crippen LogP contribution in [0.3, 0.4) is 0 Å². The van der Waals surface area contributed by atoms with Gasteiger partial charge in [0.25, 0.3) is 5.91 Å². The molecule has 7 heteroatoms. The maximum Gasteiger partial charge on any atom is 0.264 e. The molecule has 2 rings (SSSR count). The van der Waals surface area contributed by atoms with Crippen molar-refractivity contribution >= 4 is 17.4 Å². The number of carbonyl (C=O) groups excluding carboxylic acids is 1. The minimum Gasteiger partial charge on any atom is -0.351 e. The number of nitrogens with zero attached hydrogens (tertiary/aromatic N) is 2. The Kier molecular flexibility index (Phi) is 8.49. The Bertz CT molecular complexity index is 459. The minimum atomic E-state index is -0.0536. The summed E-state index contributed by atoms with van der Waals surface area (Å²) >= 11 is 1.15. The highest BCUT2D eigenvalue weighted by Gasteiger charge is 2.12. The lowest BCUT2D eigenvalue weighted by Crippen LogP contribution is -2.36. The first-order chi connectivity index (χ1) is 11.3. The third-order valence-corrected chi connectivity index (χ3v) is 5.09. The lowest BCUT2D eigenvalue weighted by atomic mass is 9.95. The van der Waals surface area contributed by atoms with E-state index in [1.165, 1.54) is 32.1 Å². The van der Waals surface area contributed by atoms with Crippen LogP contribution in [0.4, 0.5) is 0 Å². The number of aromatic nitrogens is 2. The molecule has 1 saturated carbocycles. The second-order valence-electron chi connectivity index (χ2n) is 6.19. The van der Waals surface area contributed by atoms with E-state index < -0.39 is 0 Å². The van der Waals surface area contributed by atoms with E-state index in [9.17, 15) is 4.79 Å². The highest BCUT2D eigenvalue weighted by atomic mass is 32.1. The van der Waals surface area contributed by atoms with Crippen LogP contribution in [-0.2, 0) is 0 Å². The summed E-state index contributed by atoms with van der Waals surface area (Å²) in [6, 6.07) is 0.741. The summed E-state index contributed by atoms with van der Waals surface area (Å²) in [5, 5.41) is 13.9. The predicted molar refractivity (Wildman–Crippen MR) is 94.0 cm³/mol. The van der Waals surface area contributed by atoms with E-state index in [1.807, 2.05) is 6.92 Å². The molecule has 1 fully saturated rings. The molecule has 130 valence electrons. The molecule has 1 aromatic heterocycles. The van der Waals surface area contributed by atoms with Gasteiger partial charge < -0.3 is 16.0 Å². The smallest absolute Gasteiger partial charge is 0.264 e. The van der Waals surface area contributed by atoms with Gasteiger partial charge in [-0.05, 0) is 50.7 Å². The first-order valence-corrected chi connectivity index (χ1v) is 9.56. The van der Waals surface area contributed by atoms with Crippen LogP contribution >= 0.6 is 11.5 Å². The summed E-state index contributed by atoms with van der Waals surface area (Å²) < 4.78 is 3.78. The van der Waals surface area contributed by atoms with Crippen molar-refractivity contribution in [3.8, 4) is 0 Å². The lowest BCUT2D eigenvalue weighted by molar-refractivity contribution is 0.0956. The van der Waals surface area contributed by atoms with Crippen molar-refractivity contribution in [2.45, 2.75) is 57.9 Å². The van der Waals surface area contributed by atoms with Crippen LogP contribution in [0.1, 0.15) is 60.3 Å². The van der Waals surface area contributed by atoms with Crippen LogP contribution in [0.15, 0.2) is 0 Å². The molecule has 0 atom stereocenters. The van der Waals surface area contributed by atoms with Gasteiger partial charge in [0, 0.05) is 25.7 Å². The first kappa shape index (κ1) is 18.3. The molecule has 0 aromatic carbocycles. The van der Waals surface area contributed by atoms with E-state index in [4.69, 9.17) is 0 Å². The Morgan fingerprint density at radius 2 is 1.91 bits per heavy atom. The molecule has 0 radical (unpaired) electrons. The Balaban J connectivity index is 1.39. The Labute approximate surface area is 143 Å². The number of amides is 1. The van der Waals surface area contributed by atoms with Gasteiger partial charge in [0.15, 0.2) is 0 Å². The number of nitrogens with one attached hydrogen (secondary N) is 3. The molecule has 0 aliphatic heterocycles. The lowest BCUT2D eigenvalue weighted by Gasteiger charge is -2.22. The van der Waals surface area contributed by atoms with E-state index in [2.05, 4.69) is 25.5 Å². The zero-order chi connectivity index (χ0) is 16.3. The quantitative estimate of drug-likeness (QED) is 0.567. The summed E-state index contributed by atoms with van der Waals surface area (Å²) in [6.07, 6.45) is 8.92. The number of unbranched alkanes of at least 4 members (excludes halogenated alkanes) is 1. The molecular weight excluding hydrogens is 310 g/mol. The summed E-state index contributed by atoms with van der Waals surface area (Å²) in [7, 11) is 0. The Morgan fingerprint density at radius 1 is 1.13 bits per heavy atom. The zero-order valence-corrected chi connectivity index (χ0v) is 14.9. The third-order valence-electron chi connectivity index (χ3n) is 4.26. The van der Waals surface area contributed by atoms with Gasteiger partial charge in [0.2, 0.25) is 0 Å². The largest absolute Gasteiger partial charge is 0.351 e. The van der Waals surface area contributed by atoms with Crippen molar-refractivity contribution in [2.24, 2.45) is 0 Å². The van der Waals surface area contributed by atoms with E-state index >= 15 is 0 Å². The van der Waals surface area contributed by atoms with E-state index in [1.54, 1.807) is 0 Å². The average Bonchev–Trinajstić information content (AvgIpc) is 3.00. The molecule has 1 aromatic rings. The first-order valence-electron chi connectivity index (χ1n) is 8.78. The summed E-state index contributed by atoms with van der Waals surface area (Å²) in [5.41, 5.74) is 0.708. The summed E-state index contributed by atoms with van der Waals surface area (Å²) in [4.78, 5) is 12.5. The number of aryl methyl sites for hydroxylation is 1. The maximum atomic E-state index is 11.8. The SMILES string of the molecule is Cc1nnsc1C(=O)NCCCCNCCNC1CCCCC1. The van der Waals surface area contributed by atoms with Crippen molar-refractivity contribution in [2.75, 3.05) is 26.2 Å². The molecular formula is C16H29N5OS. The molecule has 23 heavy (non-hydrogen) atoms. The van der Waals surface area contributed by atoms with Gasteiger partial charge in [-0.1, -0.05) is 23.8 Å². The Hall–Kier alpha value is -1.05. The van der Waals surface area contributed by atoms with E-state index in [0.29, 0.717) is 17.1 Å². The van der Waals surface area contributed by atoms with Crippen LogP contribution in [0.2, 0.25) is 0 Å². The molecule has 0 spiro atoms. The van der Waals surface area contributed by atoms with Crippen molar-refractivity contribution in [3.63, 3.8) is 0 Å². The molecule has 0 bridgehead atoms. The molecule has 0 saturated heterocycles.